The van der Waals surface area contributed by atoms with Crippen molar-refractivity contribution in [3.8, 4) is 0 Å². The molecule has 0 aromatic heterocycles. The summed E-state index contributed by atoms with van der Waals surface area (Å²) in [5, 5.41) is 3.70. The van der Waals surface area contributed by atoms with Gasteiger partial charge in [0.2, 0.25) is 0 Å². The molecule has 1 N–H and O–H groups in total. The fourth-order valence-corrected chi connectivity index (χ4v) is 4.74. The van der Waals surface area contributed by atoms with Crippen molar-refractivity contribution in [2.24, 2.45) is 5.41 Å². The van der Waals surface area contributed by atoms with Gasteiger partial charge in [-0.3, -0.25) is 0 Å². The highest BCUT2D eigenvalue weighted by molar-refractivity contribution is 5.32. The van der Waals surface area contributed by atoms with Crippen LogP contribution >= 0.6 is 0 Å². The molecule has 0 radical (unpaired) electrons. The van der Waals surface area contributed by atoms with Gasteiger partial charge in [0, 0.05) is 18.0 Å². The van der Waals surface area contributed by atoms with Crippen molar-refractivity contribution in [1.29, 1.82) is 0 Å². The smallest absolute Gasteiger partial charge is 0.123 e. The van der Waals surface area contributed by atoms with Crippen molar-refractivity contribution < 1.29 is 4.39 Å². The molecule has 0 heterocycles. The Morgan fingerprint density at radius 2 is 1.90 bits per heavy atom. The first kappa shape index (κ1) is 12.8. The molecule has 1 aromatic carbocycles. The van der Waals surface area contributed by atoms with E-state index in [4.69, 9.17) is 0 Å². The van der Waals surface area contributed by atoms with Gasteiger partial charge in [-0.2, -0.15) is 0 Å². The Bertz CT molecular complexity index is 492. The number of halogens is 1. The third-order valence-corrected chi connectivity index (χ3v) is 5.83. The molecule has 0 aliphatic heterocycles. The quantitative estimate of drug-likeness (QED) is 0.868. The molecule has 0 saturated heterocycles. The molecule has 0 atom stereocenters. The van der Waals surface area contributed by atoms with Gasteiger partial charge in [0.1, 0.15) is 5.82 Å². The zero-order valence-electron chi connectivity index (χ0n) is 12.1. The minimum absolute atomic E-state index is 0.0827. The minimum Gasteiger partial charge on any atom is -0.313 e. The number of hydrogen-bond acceptors (Lipinski definition) is 1. The predicted octanol–water partition coefficient (Wildman–Crippen LogP) is 4.17. The predicted molar refractivity (Wildman–Crippen MR) is 79.2 cm³/mol. The molecule has 3 fully saturated rings. The SMILES string of the molecule is Fc1cccc(C2(CNC3CC3)CC3(CCCC3)C2)c1. The van der Waals surface area contributed by atoms with E-state index in [1.165, 1.54) is 56.9 Å². The molecule has 0 amide bonds. The molecule has 3 saturated carbocycles. The van der Waals surface area contributed by atoms with E-state index in [2.05, 4.69) is 11.4 Å². The van der Waals surface area contributed by atoms with Crippen molar-refractivity contribution in [3.63, 3.8) is 0 Å². The molecule has 1 spiro atoms. The molecule has 0 unspecified atom stereocenters. The van der Waals surface area contributed by atoms with Crippen molar-refractivity contribution in [1.82, 2.24) is 5.32 Å². The molecule has 1 nitrogen and oxygen atoms in total. The monoisotopic (exact) mass is 273 g/mol. The Morgan fingerprint density at radius 1 is 1.15 bits per heavy atom. The Balaban J connectivity index is 1.57. The van der Waals surface area contributed by atoms with Gasteiger partial charge in [-0.15, -0.1) is 0 Å². The highest BCUT2D eigenvalue weighted by Crippen LogP contribution is 2.62. The van der Waals surface area contributed by atoms with Gasteiger partial charge in [0.05, 0.1) is 0 Å². The minimum atomic E-state index is -0.0827. The van der Waals surface area contributed by atoms with Crippen LogP contribution in [-0.4, -0.2) is 12.6 Å². The summed E-state index contributed by atoms with van der Waals surface area (Å²) in [6.45, 7) is 1.04. The second kappa shape index (κ2) is 4.56. The maximum absolute atomic E-state index is 13.6. The van der Waals surface area contributed by atoms with Crippen LogP contribution in [0.15, 0.2) is 24.3 Å². The summed E-state index contributed by atoms with van der Waals surface area (Å²) in [7, 11) is 0. The summed E-state index contributed by atoms with van der Waals surface area (Å²) in [5.41, 5.74) is 2.02. The van der Waals surface area contributed by atoms with Crippen LogP contribution in [0.4, 0.5) is 4.39 Å². The summed E-state index contributed by atoms with van der Waals surface area (Å²) < 4.78 is 13.6. The van der Waals surface area contributed by atoms with Gasteiger partial charge in [-0.1, -0.05) is 25.0 Å². The number of hydrogen-bond donors (Lipinski definition) is 1. The summed E-state index contributed by atoms with van der Waals surface area (Å²) in [6.07, 6.45) is 10.8. The topological polar surface area (TPSA) is 12.0 Å². The zero-order chi connectivity index (χ0) is 13.6. The van der Waals surface area contributed by atoms with Gasteiger partial charge in [-0.05, 0) is 61.6 Å². The van der Waals surface area contributed by atoms with Crippen LogP contribution in [0.2, 0.25) is 0 Å². The molecule has 1 aromatic rings. The van der Waals surface area contributed by atoms with Crippen LogP contribution in [-0.2, 0) is 5.41 Å². The fourth-order valence-electron chi connectivity index (χ4n) is 4.74. The summed E-state index contributed by atoms with van der Waals surface area (Å²) >= 11 is 0. The second-order valence-corrected chi connectivity index (χ2v) is 7.51. The Hall–Kier alpha value is -0.890. The second-order valence-electron chi connectivity index (χ2n) is 7.51. The van der Waals surface area contributed by atoms with Gasteiger partial charge in [0.15, 0.2) is 0 Å². The average molecular weight is 273 g/mol. The first-order valence-corrected chi connectivity index (χ1v) is 8.19. The van der Waals surface area contributed by atoms with E-state index in [0.29, 0.717) is 5.41 Å². The maximum atomic E-state index is 13.6. The molecule has 3 aliphatic carbocycles. The fraction of sp³-hybridized carbons (Fsp3) is 0.667. The van der Waals surface area contributed by atoms with Crippen LogP contribution in [0.25, 0.3) is 0 Å². The van der Waals surface area contributed by atoms with Gasteiger partial charge in [-0.25, -0.2) is 4.39 Å². The lowest BCUT2D eigenvalue weighted by atomic mass is 9.49. The van der Waals surface area contributed by atoms with E-state index in [-0.39, 0.29) is 11.2 Å². The Morgan fingerprint density at radius 3 is 2.55 bits per heavy atom. The molecular formula is C18H24FN. The molecule has 0 bridgehead atoms. The Kier molecular flexibility index (Phi) is 2.92. The van der Waals surface area contributed by atoms with E-state index in [1.54, 1.807) is 12.1 Å². The lowest BCUT2D eigenvalue weighted by Crippen LogP contribution is -2.54. The molecular weight excluding hydrogens is 249 g/mol. The van der Waals surface area contributed by atoms with Crippen LogP contribution < -0.4 is 5.32 Å². The van der Waals surface area contributed by atoms with Gasteiger partial charge >= 0.3 is 0 Å². The number of nitrogens with one attached hydrogen (secondary N) is 1. The van der Waals surface area contributed by atoms with E-state index in [1.807, 2.05) is 6.07 Å². The highest BCUT2D eigenvalue weighted by atomic mass is 19.1. The molecule has 108 valence electrons. The van der Waals surface area contributed by atoms with Crippen LogP contribution in [0.5, 0.6) is 0 Å². The van der Waals surface area contributed by atoms with Crippen molar-refractivity contribution >= 4 is 0 Å². The third kappa shape index (κ3) is 2.18. The first-order chi connectivity index (χ1) is 9.70. The van der Waals surface area contributed by atoms with E-state index < -0.39 is 0 Å². The largest absolute Gasteiger partial charge is 0.313 e. The van der Waals surface area contributed by atoms with Gasteiger partial charge < -0.3 is 5.32 Å². The third-order valence-electron chi connectivity index (χ3n) is 5.83. The van der Waals surface area contributed by atoms with E-state index >= 15 is 0 Å². The van der Waals surface area contributed by atoms with Gasteiger partial charge in [0.25, 0.3) is 0 Å². The zero-order valence-corrected chi connectivity index (χ0v) is 12.1. The van der Waals surface area contributed by atoms with E-state index in [9.17, 15) is 4.39 Å². The highest BCUT2D eigenvalue weighted by Gasteiger charge is 2.55. The standard InChI is InChI=1S/C18H24FN/c19-15-5-3-4-14(10-15)18(13-20-16-6-7-16)11-17(12-18)8-1-2-9-17/h3-5,10,16,20H,1-2,6-9,11-13H2. The molecule has 20 heavy (non-hydrogen) atoms. The van der Waals surface area contributed by atoms with Crippen molar-refractivity contribution in [2.45, 2.75) is 62.8 Å². The van der Waals surface area contributed by atoms with Crippen LogP contribution in [0, 0.1) is 11.2 Å². The van der Waals surface area contributed by atoms with Crippen LogP contribution in [0.1, 0.15) is 56.9 Å². The lowest BCUT2D eigenvalue weighted by molar-refractivity contribution is 0.0265. The summed E-state index contributed by atoms with van der Waals surface area (Å²) in [6, 6.07) is 8.09. The van der Waals surface area contributed by atoms with Crippen LogP contribution in [0.3, 0.4) is 0 Å². The average Bonchev–Trinajstić information content (AvgIpc) is 3.11. The molecule has 4 rings (SSSR count). The summed E-state index contributed by atoms with van der Waals surface area (Å²) in [5.74, 6) is -0.0827. The normalized spacial score (nSPS) is 26.6. The molecule has 2 heteroatoms. The molecule has 3 aliphatic rings. The lowest BCUT2D eigenvalue weighted by Gasteiger charge is -2.56. The van der Waals surface area contributed by atoms with Crippen molar-refractivity contribution in [3.05, 3.63) is 35.6 Å². The summed E-state index contributed by atoms with van der Waals surface area (Å²) in [4.78, 5) is 0. The number of benzene rings is 1. The van der Waals surface area contributed by atoms with E-state index in [0.717, 1.165) is 12.6 Å². The first-order valence-electron chi connectivity index (χ1n) is 8.19. The van der Waals surface area contributed by atoms with Crippen molar-refractivity contribution in [2.75, 3.05) is 6.54 Å². The Labute approximate surface area is 121 Å². The maximum Gasteiger partial charge on any atom is 0.123 e. The number of rotatable bonds is 4.